The third-order valence-corrected chi connectivity index (χ3v) is 4.70. The molecule has 0 aromatic heterocycles. The van der Waals surface area contributed by atoms with Gasteiger partial charge in [0.05, 0.1) is 6.10 Å². The topological polar surface area (TPSA) is 23.5 Å². The van der Waals surface area contributed by atoms with Crippen LogP contribution in [-0.4, -0.2) is 18.2 Å². The Kier molecular flexibility index (Phi) is 4.27. The van der Waals surface area contributed by atoms with Gasteiger partial charge in [0, 0.05) is 23.2 Å². The maximum absolute atomic E-state index is 13.4. The molecule has 2 nitrogen and oxygen atoms in total. The molecule has 1 aliphatic heterocycles. The Labute approximate surface area is 132 Å². The third-order valence-electron chi connectivity index (χ3n) is 3.98. The predicted octanol–water partition coefficient (Wildman–Crippen LogP) is 4.07. The van der Waals surface area contributed by atoms with Gasteiger partial charge in [-0.25, -0.2) is 4.39 Å². The van der Waals surface area contributed by atoms with E-state index in [4.69, 9.17) is 0 Å². The minimum atomic E-state index is -0.516. The SMILES string of the molecule is OC(CCN1CCc2ccc(F)cc21)c1ccccc1Br. The summed E-state index contributed by atoms with van der Waals surface area (Å²) in [4.78, 5) is 2.15. The number of halogens is 2. The van der Waals surface area contributed by atoms with E-state index in [0.717, 1.165) is 35.2 Å². The number of benzene rings is 2. The summed E-state index contributed by atoms with van der Waals surface area (Å²) in [6.07, 6.45) is 1.05. The van der Waals surface area contributed by atoms with Crippen molar-refractivity contribution in [3.63, 3.8) is 0 Å². The van der Waals surface area contributed by atoms with Crippen molar-refractivity contribution >= 4 is 21.6 Å². The first kappa shape index (κ1) is 14.5. The number of anilines is 1. The van der Waals surface area contributed by atoms with Gasteiger partial charge in [-0.05, 0) is 42.2 Å². The number of aliphatic hydroxyl groups is 1. The maximum atomic E-state index is 13.4. The molecule has 21 heavy (non-hydrogen) atoms. The van der Waals surface area contributed by atoms with E-state index in [1.54, 1.807) is 6.07 Å². The predicted molar refractivity (Wildman–Crippen MR) is 86.0 cm³/mol. The van der Waals surface area contributed by atoms with Crippen LogP contribution in [0.4, 0.5) is 10.1 Å². The molecule has 0 saturated heterocycles. The smallest absolute Gasteiger partial charge is 0.125 e. The van der Waals surface area contributed by atoms with Crippen LogP contribution in [-0.2, 0) is 6.42 Å². The van der Waals surface area contributed by atoms with Gasteiger partial charge in [0.15, 0.2) is 0 Å². The second-order valence-corrected chi connectivity index (χ2v) is 6.19. The van der Waals surface area contributed by atoms with Crippen molar-refractivity contribution in [3.8, 4) is 0 Å². The van der Waals surface area contributed by atoms with E-state index in [9.17, 15) is 9.50 Å². The lowest BCUT2D eigenvalue weighted by Gasteiger charge is -2.22. The number of rotatable bonds is 4. The molecule has 1 N–H and O–H groups in total. The zero-order valence-electron chi connectivity index (χ0n) is 11.6. The molecule has 0 fully saturated rings. The third kappa shape index (κ3) is 3.11. The molecule has 0 aliphatic carbocycles. The van der Waals surface area contributed by atoms with Crippen LogP contribution in [0.2, 0.25) is 0 Å². The summed E-state index contributed by atoms with van der Waals surface area (Å²) in [5, 5.41) is 10.3. The van der Waals surface area contributed by atoms with Crippen molar-refractivity contribution in [2.45, 2.75) is 18.9 Å². The molecule has 0 amide bonds. The minimum absolute atomic E-state index is 0.202. The Balaban J connectivity index is 1.67. The highest BCUT2D eigenvalue weighted by molar-refractivity contribution is 9.10. The molecule has 0 radical (unpaired) electrons. The van der Waals surface area contributed by atoms with Crippen molar-refractivity contribution in [1.82, 2.24) is 0 Å². The van der Waals surface area contributed by atoms with E-state index in [2.05, 4.69) is 20.8 Å². The molecular formula is C17H17BrFNO. The number of fused-ring (bicyclic) bond motifs is 1. The van der Waals surface area contributed by atoms with E-state index < -0.39 is 6.10 Å². The Morgan fingerprint density at radius 2 is 2.05 bits per heavy atom. The van der Waals surface area contributed by atoms with Crippen molar-refractivity contribution in [3.05, 3.63) is 63.9 Å². The van der Waals surface area contributed by atoms with Gasteiger partial charge in [0.1, 0.15) is 5.82 Å². The molecular weight excluding hydrogens is 333 g/mol. The van der Waals surface area contributed by atoms with Gasteiger partial charge in [-0.1, -0.05) is 40.2 Å². The highest BCUT2D eigenvalue weighted by Crippen LogP contribution is 2.31. The number of nitrogens with zero attached hydrogens (tertiary/aromatic N) is 1. The Morgan fingerprint density at radius 1 is 1.24 bits per heavy atom. The van der Waals surface area contributed by atoms with E-state index in [1.807, 2.05) is 30.3 Å². The Hall–Kier alpha value is -1.39. The lowest BCUT2D eigenvalue weighted by Crippen LogP contribution is -2.23. The van der Waals surface area contributed by atoms with Gasteiger partial charge < -0.3 is 10.0 Å². The van der Waals surface area contributed by atoms with E-state index in [-0.39, 0.29) is 5.82 Å². The molecule has 1 atom stereocenters. The van der Waals surface area contributed by atoms with Gasteiger partial charge in [-0.3, -0.25) is 0 Å². The largest absolute Gasteiger partial charge is 0.388 e. The Bertz CT molecular complexity index is 646. The van der Waals surface area contributed by atoms with Crippen molar-refractivity contribution in [1.29, 1.82) is 0 Å². The maximum Gasteiger partial charge on any atom is 0.125 e. The average molecular weight is 350 g/mol. The zero-order chi connectivity index (χ0) is 14.8. The number of aliphatic hydroxyl groups excluding tert-OH is 1. The lowest BCUT2D eigenvalue weighted by atomic mass is 10.1. The molecule has 2 aromatic rings. The molecule has 4 heteroatoms. The molecule has 110 valence electrons. The van der Waals surface area contributed by atoms with Gasteiger partial charge >= 0.3 is 0 Å². The molecule has 0 saturated carbocycles. The van der Waals surface area contributed by atoms with Gasteiger partial charge in [-0.15, -0.1) is 0 Å². The fourth-order valence-electron chi connectivity index (χ4n) is 2.83. The molecule has 1 heterocycles. The molecule has 1 unspecified atom stereocenters. The van der Waals surface area contributed by atoms with Crippen LogP contribution in [0.15, 0.2) is 46.9 Å². The average Bonchev–Trinajstić information content (AvgIpc) is 2.87. The summed E-state index contributed by atoms with van der Waals surface area (Å²) in [5.74, 6) is -0.202. The van der Waals surface area contributed by atoms with Crippen LogP contribution in [0.5, 0.6) is 0 Å². The van der Waals surface area contributed by atoms with Crippen molar-refractivity contribution < 1.29 is 9.50 Å². The first-order chi connectivity index (χ1) is 10.1. The summed E-state index contributed by atoms with van der Waals surface area (Å²) in [6.45, 7) is 1.61. The monoisotopic (exact) mass is 349 g/mol. The van der Waals surface area contributed by atoms with Crippen LogP contribution in [0.1, 0.15) is 23.7 Å². The first-order valence-electron chi connectivity index (χ1n) is 7.11. The van der Waals surface area contributed by atoms with Gasteiger partial charge in [-0.2, -0.15) is 0 Å². The summed E-state index contributed by atoms with van der Waals surface area (Å²) in [6, 6.07) is 12.7. The molecule has 2 aromatic carbocycles. The molecule has 1 aliphatic rings. The molecule has 0 bridgehead atoms. The fourth-order valence-corrected chi connectivity index (χ4v) is 3.38. The van der Waals surface area contributed by atoms with Crippen LogP contribution < -0.4 is 4.90 Å². The highest BCUT2D eigenvalue weighted by Gasteiger charge is 2.21. The van der Waals surface area contributed by atoms with Crippen LogP contribution >= 0.6 is 15.9 Å². The molecule has 0 spiro atoms. The molecule has 3 rings (SSSR count). The number of hydrogen-bond donors (Lipinski definition) is 1. The van der Waals surface area contributed by atoms with Crippen LogP contribution in [0, 0.1) is 5.82 Å². The summed E-state index contributed by atoms with van der Waals surface area (Å²) >= 11 is 3.46. The van der Waals surface area contributed by atoms with Crippen LogP contribution in [0.25, 0.3) is 0 Å². The summed E-state index contributed by atoms with van der Waals surface area (Å²) < 4.78 is 14.3. The summed E-state index contributed by atoms with van der Waals surface area (Å²) in [7, 11) is 0. The zero-order valence-corrected chi connectivity index (χ0v) is 13.2. The standard InChI is InChI=1S/C17H17BrFNO/c18-15-4-2-1-3-14(15)17(21)8-10-20-9-7-12-5-6-13(19)11-16(12)20/h1-6,11,17,21H,7-10H2. The van der Waals surface area contributed by atoms with Crippen LogP contribution in [0.3, 0.4) is 0 Å². The second-order valence-electron chi connectivity index (χ2n) is 5.34. The van der Waals surface area contributed by atoms with E-state index in [1.165, 1.54) is 11.6 Å². The fraction of sp³-hybridized carbons (Fsp3) is 0.294. The van der Waals surface area contributed by atoms with E-state index in [0.29, 0.717) is 6.42 Å². The Morgan fingerprint density at radius 3 is 2.86 bits per heavy atom. The highest BCUT2D eigenvalue weighted by atomic mass is 79.9. The summed E-state index contributed by atoms with van der Waals surface area (Å²) in [5.41, 5.74) is 3.05. The van der Waals surface area contributed by atoms with E-state index >= 15 is 0 Å². The lowest BCUT2D eigenvalue weighted by molar-refractivity contribution is 0.169. The quantitative estimate of drug-likeness (QED) is 0.899. The minimum Gasteiger partial charge on any atom is -0.388 e. The van der Waals surface area contributed by atoms with Crippen molar-refractivity contribution in [2.75, 3.05) is 18.0 Å². The van der Waals surface area contributed by atoms with Crippen molar-refractivity contribution in [2.24, 2.45) is 0 Å². The van der Waals surface area contributed by atoms with Gasteiger partial charge in [0.25, 0.3) is 0 Å². The normalized spacial score (nSPS) is 15.1. The number of hydrogen-bond acceptors (Lipinski definition) is 2. The first-order valence-corrected chi connectivity index (χ1v) is 7.90. The van der Waals surface area contributed by atoms with Gasteiger partial charge in [0.2, 0.25) is 0 Å². The second kappa shape index (κ2) is 6.16.